The number of hydrogen-bond donors (Lipinski definition) is 1. The number of methoxy groups -OCH3 is 1. The summed E-state index contributed by atoms with van der Waals surface area (Å²) >= 11 is 9.61. The number of Topliss-reactive ketones (excluding diaryl/α,β-unsaturated/α-hetero) is 1. The number of nitrogens with one attached hydrogen (secondary N) is 1. The molecule has 0 aliphatic carbocycles. The number of ketones is 1. The summed E-state index contributed by atoms with van der Waals surface area (Å²) in [6.07, 6.45) is 0. The molecule has 1 atom stereocenters. The molecule has 0 saturated carbocycles. The van der Waals surface area contributed by atoms with Crippen LogP contribution in [-0.4, -0.2) is 50.9 Å². The number of likely N-dealkylation sites (tertiary alicyclic amines) is 1. The van der Waals surface area contributed by atoms with Gasteiger partial charge in [0.1, 0.15) is 5.75 Å². The number of hydrogen-bond acceptors (Lipinski definition) is 4. The largest absolute Gasteiger partial charge is 0.872 e. The molecule has 1 unspecified atom stereocenters. The molecule has 0 bridgehead atoms. The summed E-state index contributed by atoms with van der Waals surface area (Å²) in [6.45, 7) is 0.990. The maximum atomic E-state index is 13.4. The van der Waals surface area contributed by atoms with Gasteiger partial charge in [-0.05, 0) is 35.4 Å². The number of rotatable bonds is 6. The minimum Gasteiger partial charge on any atom is -0.872 e. The molecule has 0 aromatic heterocycles. The second-order valence-electron chi connectivity index (χ2n) is 7.33. The van der Waals surface area contributed by atoms with Gasteiger partial charge in [0.15, 0.2) is 0 Å². The molecule has 6 nitrogen and oxygen atoms in total. The summed E-state index contributed by atoms with van der Waals surface area (Å²) < 4.78 is 5.93. The van der Waals surface area contributed by atoms with E-state index in [1.165, 1.54) is 18.1 Å². The molecule has 1 aliphatic rings. The molecule has 2 aromatic carbocycles. The van der Waals surface area contributed by atoms with Crippen LogP contribution in [0.25, 0.3) is 5.76 Å². The lowest BCUT2D eigenvalue weighted by Crippen LogP contribution is -3.06. The van der Waals surface area contributed by atoms with Gasteiger partial charge in [0.25, 0.3) is 5.91 Å². The van der Waals surface area contributed by atoms with Gasteiger partial charge in [-0.25, -0.2) is 0 Å². The Kier molecular flexibility index (Phi) is 6.85. The van der Waals surface area contributed by atoms with Crippen LogP contribution in [0.1, 0.15) is 17.2 Å². The van der Waals surface area contributed by atoms with E-state index in [9.17, 15) is 14.7 Å². The van der Waals surface area contributed by atoms with E-state index in [4.69, 9.17) is 16.3 Å². The molecule has 1 heterocycles. The van der Waals surface area contributed by atoms with Crippen molar-refractivity contribution in [3.8, 4) is 5.75 Å². The normalized spacial score (nSPS) is 18.3. The van der Waals surface area contributed by atoms with Crippen molar-refractivity contribution in [2.45, 2.75) is 6.04 Å². The van der Waals surface area contributed by atoms with Crippen molar-refractivity contribution in [2.24, 2.45) is 0 Å². The lowest BCUT2D eigenvalue weighted by molar-refractivity contribution is -0.857. The Labute approximate surface area is 188 Å². The summed E-state index contributed by atoms with van der Waals surface area (Å²) in [5.74, 6) is -1.52. The number of halogens is 2. The minimum absolute atomic E-state index is 0.0620. The number of amides is 1. The first-order valence-electron chi connectivity index (χ1n) is 9.39. The van der Waals surface area contributed by atoms with Gasteiger partial charge in [0.2, 0.25) is 5.78 Å². The first kappa shape index (κ1) is 22.3. The number of quaternary nitrogens is 1. The van der Waals surface area contributed by atoms with E-state index >= 15 is 0 Å². The molecule has 3 rings (SSSR count). The SMILES string of the molecule is COc1ccc(/C([O-])=C2\C(=O)C(=O)N(CC[NH+](C)C)C2c2cccc(Br)c2)cc1Cl. The van der Waals surface area contributed by atoms with Gasteiger partial charge in [-0.3, -0.25) is 9.59 Å². The maximum Gasteiger partial charge on any atom is 0.295 e. The van der Waals surface area contributed by atoms with Crippen molar-refractivity contribution < 1.29 is 24.3 Å². The number of ether oxygens (including phenoxy) is 1. The van der Waals surface area contributed by atoms with Crippen molar-refractivity contribution >= 4 is 45.0 Å². The van der Waals surface area contributed by atoms with Crippen molar-refractivity contribution in [3.63, 3.8) is 0 Å². The van der Waals surface area contributed by atoms with E-state index in [0.29, 0.717) is 24.4 Å². The Morgan fingerprint density at radius 2 is 1.97 bits per heavy atom. The van der Waals surface area contributed by atoms with Crippen molar-refractivity contribution in [1.29, 1.82) is 0 Å². The number of likely N-dealkylation sites (N-methyl/N-ethyl adjacent to an activating group) is 1. The van der Waals surface area contributed by atoms with Crippen LogP contribution in [0.15, 0.2) is 52.5 Å². The Morgan fingerprint density at radius 3 is 2.57 bits per heavy atom. The van der Waals surface area contributed by atoms with E-state index in [-0.39, 0.29) is 16.2 Å². The van der Waals surface area contributed by atoms with E-state index in [2.05, 4.69) is 15.9 Å². The van der Waals surface area contributed by atoms with Crippen molar-refractivity contribution in [2.75, 3.05) is 34.3 Å². The number of carbonyl (C=O) groups excluding carboxylic acids is 2. The maximum absolute atomic E-state index is 13.4. The zero-order valence-electron chi connectivity index (χ0n) is 16.9. The second-order valence-corrected chi connectivity index (χ2v) is 8.66. The first-order chi connectivity index (χ1) is 14.2. The molecule has 0 radical (unpaired) electrons. The highest BCUT2D eigenvalue weighted by Gasteiger charge is 2.44. The number of benzene rings is 2. The van der Waals surface area contributed by atoms with E-state index in [1.54, 1.807) is 12.1 Å². The van der Waals surface area contributed by atoms with Gasteiger partial charge in [-0.2, -0.15) is 0 Å². The van der Waals surface area contributed by atoms with Crippen LogP contribution in [-0.2, 0) is 9.59 Å². The lowest BCUT2D eigenvalue weighted by Gasteiger charge is -2.28. The second kappa shape index (κ2) is 9.20. The molecule has 158 valence electrons. The average Bonchev–Trinajstić information content (AvgIpc) is 2.96. The third kappa shape index (κ3) is 4.38. The quantitative estimate of drug-likeness (QED) is 0.376. The summed E-state index contributed by atoms with van der Waals surface area (Å²) in [4.78, 5) is 28.4. The average molecular weight is 494 g/mol. The fourth-order valence-corrected chi connectivity index (χ4v) is 4.11. The third-order valence-electron chi connectivity index (χ3n) is 4.96. The van der Waals surface area contributed by atoms with Crippen LogP contribution >= 0.6 is 27.5 Å². The van der Waals surface area contributed by atoms with Crippen LogP contribution in [0.3, 0.4) is 0 Å². The molecule has 8 heteroatoms. The topological polar surface area (TPSA) is 74.1 Å². The van der Waals surface area contributed by atoms with E-state index < -0.39 is 23.5 Å². The summed E-state index contributed by atoms with van der Waals surface area (Å²) in [7, 11) is 5.40. The fraction of sp³-hybridized carbons (Fsp3) is 0.273. The van der Waals surface area contributed by atoms with E-state index in [0.717, 1.165) is 9.37 Å². The summed E-state index contributed by atoms with van der Waals surface area (Å²) in [5.41, 5.74) is 0.866. The monoisotopic (exact) mass is 492 g/mol. The Morgan fingerprint density at radius 1 is 1.23 bits per heavy atom. The standard InChI is InChI=1S/C22H22BrClN2O4/c1-25(2)9-10-26-19(13-5-4-6-15(23)11-13)18(21(28)22(26)29)20(27)14-7-8-17(30-3)16(24)12-14/h4-8,11-12,19,27H,9-10H2,1-3H3/b20-18+. The summed E-state index contributed by atoms with van der Waals surface area (Å²) in [5, 5.41) is 13.6. The third-order valence-corrected chi connectivity index (χ3v) is 5.75. The molecule has 2 aromatic rings. The van der Waals surface area contributed by atoms with Crippen LogP contribution in [0.4, 0.5) is 0 Å². The predicted octanol–water partition coefficient (Wildman–Crippen LogP) is 1.48. The number of carbonyl (C=O) groups is 2. The molecule has 1 fully saturated rings. The van der Waals surface area contributed by atoms with Crippen LogP contribution in [0.5, 0.6) is 5.75 Å². The molecule has 1 amide bonds. The van der Waals surface area contributed by atoms with E-state index in [1.807, 2.05) is 38.4 Å². The predicted molar refractivity (Wildman–Crippen MR) is 116 cm³/mol. The zero-order chi connectivity index (χ0) is 22.0. The highest BCUT2D eigenvalue weighted by molar-refractivity contribution is 9.10. The van der Waals surface area contributed by atoms with Crippen molar-refractivity contribution in [3.05, 3.63) is 68.7 Å². The number of nitrogens with zero attached hydrogens (tertiary/aromatic N) is 1. The van der Waals surface area contributed by atoms with Gasteiger partial charge in [0.05, 0.1) is 45.4 Å². The molecule has 1 N–H and O–H groups in total. The Bertz CT molecular complexity index is 1020. The smallest absolute Gasteiger partial charge is 0.295 e. The molecule has 1 aliphatic heterocycles. The Balaban J connectivity index is 2.16. The van der Waals surface area contributed by atoms with Gasteiger partial charge in [-0.1, -0.05) is 51.5 Å². The first-order valence-corrected chi connectivity index (χ1v) is 10.6. The van der Waals surface area contributed by atoms with Gasteiger partial charge < -0.3 is 19.6 Å². The zero-order valence-corrected chi connectivity index (χ0v) is 19.2. The molecule has 30 heavy (non-hydrogen) atoms. The van der Waals surface area contributed by atoms with Gasteiger partial charge in [-0.15, -0.1) is 0 Å². The molecule has 0 spiro atoms. The van der Waals surface area contributed by atoms with Gasteiger partial charge in [0, 0.05) is 10.0 Å². The lowest BCUT2D eigenvalue weighted by atomic mass is 9.95. The molecular weight excluding hydrogens is 472 g/mol. The molecule has 1 saturated heterocycles. The molecular formula is C22H22BrClN2O4. The summed E-state index contributed by atoms with van der Waals surface area (Å²) in [6, 6.07) is 11.1. The van der Waals surface area contributed by atoms with Crippen LogP contribution in [0.2, 0.25) is 5.02 Å². The van der Waals surface area contributed by atoms with Crippen LogP contribution < -0.4 is 14.7 Å². The minimum atomic E-state index is -0.773. The van der Waals surface area contributed by atoms with Crippen LogP contribution in [0, 0.1) is 0 Å². The van der Waals surface area contributed by atoms with Crippen molar-refractivity contribution in [1.82, 2.24) is 4.90 Å². The highest BCUT2D eigenvalue weighted by atomic mass is 79.9. The highest BCUT2D eigenvalue weighted by Crippen LogP contribution is 2.39. The van der Waals surface area contributed by atoms with Gasteiger partial charge >= 0.3 is 0 Å². The Hall–Kier alpha value is -2.35. The fourth-order valence-electron chi connectivity index (χ4n) is 3.43.